The maximum absolute atomic E-state index is 12.7. The second kappa shape index (κ2) is 8.65. The van der Waals surface area contributed by atoms with E-state index >= 15 is 0 Å². The number of benzene rings is 1. The summed E-state index contributed by atoms with van der Waals surface area (Å²) < 4.78 is 13.4. The molecule has 0 spiro atoms. The molecule has 7 heteroatoms. The van der Waals surface area contributed by atoms with Gasteiger partial charge < -0.3 is 19.7 Å². The van der Waals surface area contributed by atoms with E-state index in [1.54, 1.807) is 10.9 Å². The lowest BCUT2D eigenvalue weighted by atomic mass is 9.97. The summed E-state index contributed by atoms with van der Waals surface area (Å²) in [5, 5.41) is 7.26. The molecule has 0 saturated carbocycles. The number of nitrogens with one attached hydrogen (secondary N) is 1. The molecule has 152 valence electrons. The number of urea groups is 1. The maximum Gasteiger partial charge on any atom is 0.317 e. The van der Waals surface area contributed by atoms with E-state index in [9.17, 15) is 4.79 Å². The molecule has 0 unspecified atom stereocenters. The number of amides is 2. The fraction of sp³-hybridized carbons (Fsp3) is 0.524. The van der Waals surface area contributed by atoms with Gasteiger partial charge in [0.25, 0.3) is 0 Å². The van der Waals surface area contributed by atoms with Gasteiger partial charge in [0.2, 0.25) is 0 Å². The standard InChI is InChI=1S/C21H30N4O3/c1-5-9-27-19-7-6-17(16(2)11-19)12-22-20(26)25-8-10-28-21(3,15-25)18-13-23-24(4)14-18/h6-7,11,13-14H,5,8-10,12,15H2,1-4H3,(H,22,26)/t21-/m0/s1. The predicted octanol–water partition coefficient (Wildman–Crippen LogP) is 2.97. The third-order valence-corrected chi connectivity index (χ3v) is 5.09. The van der Waals surface area contributed by atoms with E-state index in [0.717, 1.165) is 28.9 Å². The highest BCUT2D eigenvalue weighted by Gasteiger charge is 2.36. The van der Waals surface area contributed by atoms with Crippen molar-refractivity contribution in [3.05, 3.63) is 47.3 Å². The molecule has 2 heterocycles. The predicted molar refractivity (Wildman–Crippen MR) is 107 cm³/mol. The Morgan fingerprint density at radius 1 is 1.43 bits per heavy atom. The first-order valence-electron chi connectivity index (χ1n) is 9.79. The molecule has 1 aliphatic rings. The summed E-state index contributed by atoms with van der Waals surface area (Å²) in [6.45, 7) is 8.89. The van der Waals surface area contributed by atoms with Crippen LogP contribution in [0.2, 0.25) is 0 Å². The Bertz CT molecular complexity index is 820. The van der Waals surface area contributed by atoms with Gasteiger partial charge in [0, 0.05) is 31.9 Å². The van der Waals surface area contributed by atoms with Gasteiger partial charge in [-0.2, -0.15) is 5.10 Å². The lowest BCUT2D eigenvalue weighted by Gasteiger charge is -2.40. The van der Waals surface area contributed by atoms with Gasteiger partial charge in [-0.05, 0) is 43.5 Å². The molecule has 0 radical (unpaired) electrons. The minimum absolute atomic E-state index is 0.0795. The summed E-state index contributed by atoms with van der Waals surface area (Å²) in [5.41, 5.74) is 2.63. The number of aromatic nitrogens is 2. The molecule has 0 aliphatic carbocycles. The van der Waals surface area contributed by atoms with Crippen LogP contribution in [0.4, 0.5) is 4.79 Å². The number of carbonyl (C=O) groups is 1. The molecule has 1 saturated heterocycles. The van der Waals surface area contributed by atoms with Gasteiger partial charge in [-0.15, -0.1) is 0 Å². The molecule has 1 aromatic heterocycles. The van der Waals surface area contributed by atoms with Gasteiger partial charge in [-0.25, -0.2) is 4.79 Å². The summed E-state index contributed by atoms with van der Waals surface area (Å²) >= 11 is 0. The zero-order chi connectivity index (χ0) is 20.1. The number of ether oxygens (including phenoxy) is 2. The topological polar surface area (TPSA) is 68.6 Å². The van der Waals surface area contributed by atoms with Crippen molar-refractivity contribution in [2.45, 2.75) is 39.3 Å². The fourth-order valence-electron chi connectivity index (χ4n) is 3.37. The van der Waals surface area contributed by atoms with Gasteiger partial charge in [0.15, 0.2) is 0 Å². The van der Waals surface area contributed by atoms with Crippen LogP contribution in [-0.4, -0.2) is 47.0 Å². The molecule has 1 fully saturated rings. The van der Waals surface area contributed by atoms with E-state index in [-0.39, 0.29) is 6.03 Å². The molecule has 3 rings (SSSR count). The van der Waals surface area contributed by atoms with Gasteiger partial charge >= 0.3 is 6.03 Å². The zero-order valence-corrected chi connectivity index (χ0v) is 17.2. The fourth-order valence-corrected chi connectivity index (χ4v) is 3.37. The van der Waals surface area contributed by atoms with E-state index < -0.39 is 5.60 Å². The van der Waals surface area contributed by atoms with Crippen LogP contribution < -0.4 is 10.1 Å². The Hall–Kier alpha value is -2.54. The van der Waals surface area contributed by atoms with Crippen LogP contribution in [0.1, 0.15) is 37.0 Å². The van der Waals surface area contributed by atoms with Gasteiger partial charge in [-0.3, -0.25) is 4.68 Å². The highest BCUT2D eigenvalue weighted by molar-refractivity contribution is 5.74. The van der Waals surface area contributed by atoms with E-state index in [1.165, 1.54) is 0 Å². The molecule has 1 aromatic carbocycles. The number of nitrogens with zero attached hydrogens (tertiary/aromatic N) is 3. The van der Waals surface area contributed by atoms with Crippen molar-refractivity contribution in [3.8, 4) is 5.75 Å². The van der Waals surface area contributed by atoms with Gasteiger partial charge in [-0.1, -0.05) is 13.0 Å². The largest absolute Gasteiger partial charge is 0.494 e. The Morgan fingerprint density at radius 2 is 2.25 bits per heavy atom. The minimum Gasteiger partial charge on any atom is -0.494 e. The lowest BCUT2D eigenvalue weighted by Crippen LogP contribution is -2.53. The van der Waals surface area contributed by atoms with Gasteiger partial charge in [0.1, 0.15) is 11.4 Å². The van der Waals surface area contributed by atoms with Crippen molar-refractivity contribution in [1.29, 1.82) is 0 Å². The SMILES string of the molecule is CCCOc1ccc(CNC(=O)N2CCO[C@](C)(c3cnn(C)c3)C2)c(C)c1. The summed E-state index contributed by atoms with van der Waals surface area (Å²) in [6, 6.07) is 5.91. The number of hydrogen-bond donors (Lipinski definition) is 1. The van der Waals surface area contributed by atoms with E-state index in [1.807, 2.05) is 50.2 Å². The van der Waals surface area contributed by atoms with E-state index in [2.05, 4.69) is 17.3 Å². The van der Waals surface area contributed by atoms with Crippen molar-refractivity contribution in [1.82, 2.24) is 20.0 Å². The smallest absolute Gasteiger partial charge is 0.317 e. The molecule has 2 aromatic rings. The van der Waals surface area contributed by atoms with Crippen LogP contribution in [0.3, 0.4) is 0 Å². The second-order valence-electron chi connectivity index (χ2n) is 7.50. The number of aryl methyl sites for hydroxylation is 2. The number of hydrogen-bond acceptors (Lipinski definition) is 4. The highest BCUT2D eigenvalue weighted by atomic mass is 16.5. The van der Waals surface area contributed by atoms with E-state index in [4.69, 9.17) is 9.47 Å². The lowest BCUT2D eigenvalue weighted by molar-refractivity contribution is -0.0907. The average Bonchev–Trinajstić information content (AvgIpc) is 3.12. The molecule has 2 amide bonds. The van der Waals surface area contributed by atoms with Crippen molar-refractivity contribution >= 4 is 6.03 Å². The molecular weight excluding hydrogens is 356 g/mol. The quantitative estimate of drug-likeness (QED) is 0.829. The molecule has 7 nitrogen and oxygen atoms in total. The average molecular weight is 386 g/mol. The summed E-state index contributed by atoms with van der Waals surface area (Å²) in [6.07, 6.45) is 4.72. The van der Waals surface area contributed by atoms with Crippen LogP contribution >= 0.6 is 0 Å². The van der Waals surface area contributed by atoms with Crippen LogP contribution in [0, 0.1) is 6.92 Å². The first kappa shape index (κ1) is 20.2. The number of carbonyl (C=O) groups excluding carboxylic acids is 1. The highest BCUT2D eigenvalue weighted by Crippen LogP contribution is 2.29. The van der Waals surface area contributed by atoms with Crippen molar-refractivity contribution in [2.75, 3.05) is 26.3 Å². The van der Waals surface area contributed by atoms with Crippen LogP contribution in [-0.2, 0) is 23.9 Å². The third-order valence-electron chi connectivity index (χ3n) is 5.09. The summed E-state index contributed by atoms with van der Waals surface area (Å²) in [7, 11) is 1.88. The zero-order valence-electron chi connectivity index (χ0n) is 17.2. The van der Waals surface area contributed by atoms with Crippen LogP contribution in [0.5, 0.6) is 5.75 Å². The summed E-state index contributed by atoms with van der Waals surface area (Å²) in [5.74, 6) is 0.870. The molecular formula is C21H30N4O3. The first-order valence-corrected chi connectivity index (χ1v) is 9.79. The maximum atomic E-state index is 12.7. The van der Waals surface area contributed by atoms with Crippen molar-refractivity contribution in [3.63, 3.8) is 0 Å². The Morgan fingerprint density at radius 3 is 2.93 bits per heavy atom. The number of rotatable bonds is 6. The molecule has 0 bridgehead atoms. The van der Waals surface area contributed by atoms with Crippen molar-refractivity contribution < 1.29 is 14.3 Å². The normalized spacial score (nSPS) is 19.5. The van der Waals surface area contributed by atoms with Crippen LogP contribution in [0.15, 0.2) is 30.6 Å². The number of morpholine rings is 1. The van der Waals surface area contributed by atoms with Gasteiger partial charge in [0.05, 0.1) is 26.0 Å². The molecule has 1 atom stereocenters. The van der Waals surface area contributed by atoms with Crippen LogP contribution in [0.25, 0.3) is 0 Å². The second-order valence-corrected chi connectivity index (χ2v) is 7.50. The van der Waals surface area contributed by atoms with E-state index in [0.29, 0.717) is 32.8 Å². The minimum atomic E-state index is -0.544. The molecule has 1 N–H and O–H groups in total. The monoisotopic (exact) mass is 386 g/mol. The Kier molecular flexibility index (Phi) is 6.24. The molecule has 28 heavy (non-hydrogen) atoms. The first-order chi connectivity index (χ1) is 13.4. The third kappa shape index (κ3) is 4.65. The Balaban J connectivity index is 1.59. The van der Waals surface area contributed by atoms with Crippen molar-refractivity contribution in [2.24, 2.45) is 7.05 Å². The Labute approximate surface area is 166 Å². The summed E-state index contributed by atoms with van der Waals surface area (Å²) in [4.78, 5) is 14.5. The molecule has 1 aliphatic heterocycles.